The first kappa shape index (κ1) is 19.0. The van der Waals surface area contributed by atoms with Gasteiger partial charge in [0.2, 0.25) is 11.8 Å². The van der Waals surface area contributed by atoms with Crippen LogP contribution in [0.25, 0.3) is 0 Å². The largest absolute Gasteiger partial charge is 0.406 e. The van der Waals surface area contributed by atoms with E-state index in [1.54, 1.807) is 0 Å². The molecule has 2 heterocycles. The van der Waals surface area contributed by atoms with Gasteiger partial charge in [0.15, 0.2) is 0 Å². The summed E-state index contributed by atoms with van der Waals surface area (Å²) in [6, 6.07) is -0.895. The third-order valence-electron chi connectivity index (χ3n) is 4.61. The van der Waals surface area contributed by atoms with E-state index in [9.17, 15) is 22.8 Å². The molecular weight excluding hydrogens is 325 g/mol. The Morgan fingerprint density at radius 3 is 2.46 bits per heavy atom. The summed E-state index contributed by atoms with van der Waals surface area (Å²) in [7, 11) is 0. The topological polar surface area (TPSA) is 58.6 Å². The molecule has 8 heteroatoms. The number of rotatable bonds is 3. The van der Waals surface area contributed by atoms with Crippen LogP contribution in [0.5, 0.6) is 0 Å². The highest BCUT2D eigenvalue weighted by Gasteiger charge is 2.50. The van der Waals surface area contributed by atoms with E-state index in [4.69, 9.17) is 4.74 Å². The Kier molecular flexibility index (Phi) is 4.92. The first-order valence-corrected chi connectivity index (χ1v) is 8.17. The van der Waals surface area contributed by atoms with Gasteiger partial charge in [-0.25, -0.2) is 0 Å². The Balaban J connectivity index is 2.02. The molecule has 0 spiro atoms. The molecule has 2 amide bonds. The Bertz CT molecular complexity index is 517. The maximum absolute atomic E-state index is 12.6. The van der Waals surface area contributed by atoms with Crippen LogP contribution >= 0.6 is 0 Å². The zero-order valence-corrected chi connectivity index (χ0v) is 14.5. The lowest BCUT2D eigenvalue weighted by atomic mass is 9.86. The van der Waals surface area contributed by atoms with E-state index in [2.05, 4.69) is 5.32 Å². The first-order chi connectivity index (χ1) is 10.8. The molecule has 0 aliphatic carbocycles. The van der Waals surface area contributed by atoms with Crippen LogP contribution in [0.3, 0.4) is 0 Å². The summed E-state index contributed by atoms with van der Waals surface area (Å²) < 4.78 is 43.5. The van der Waals surface area contributed by atoms with Crippen molar-refractivity contribution in [2.24, 2.45) is 5.92 Å². The van der Waals surface area contributed by atoms with Gasteiger partial charge in [0.05, 0.1) is 17.1 Å². The molecule has 24 heavy (non-hydrogen) atoms. The molecule has 0 aromatic heterocycles. The second-order valence-electron chi connectivity index (χ2n) is 7.80. The fourth-order valence-electron chi connectivity index (χ4n) is 3.69. The van der Waals surface area contributed by atoms with Crippen LogP contribution in [0, 0.1) is 5.92 Å². The van der Waals surface area contributed by atoms with Gasteiger partial charge in [-0.2, -0.15) is 13.2 Å². The Hall–Kier alpha value is -1.31. The number of nitrogens with one attached hydrogen (secondary N) is 1. The highest BCUT2D eigenvalue weighted by Crippen LogP contribution is 2.42. The van der Waals surface area contributed by atoms with Crippen molar-refractivity contribution in [3.8, 4) is 0 Å². The van der Waals surface area contributed by atoms with Crippen molar-refractivity contribution in [1.82, 2.24) is 10.2 Å². The zero-order valence-electron chi connectivity index (χ0n) is 14.5. The van der Waals surface area contributed by atoms with Crippen molar-refractivity contribution in [2.75, 3.05) is 13.1 Å². The van der Waals surface area contributed by atoms with Crippen LogP contribution in [0.1, 0.15) is 47.0 Å². The number of likely N-dealkylation sites (tertiary alicyclic amines) is 1. The summed E-state index contributed by atoms with van der Waals surface area (Å²) in [6.45, 7) is 6.19. The smallest absolute Gasteiger partial charge is 0.369 e. The quantitative estimate of drug-likeness (QED) is 0.849. The molecule has 2 unspecified atom stereocenters. The Labute approximate surface area is 139 Å². The van der Waals surface area contributed by atoms with E-state index in [1.807, 2.05) is 27.7 Å². The minimum absolute atomic E-state index is 0.0653. The summed E-state index contributed by atoms with van der Waals surface area (Å²) in [5.41, 5.74) is -1.14. The first-order valence-electron chi connectivity index (χ1n) is 8.17. The number of hydrogen-bond acceptors (Lipinski definition) is 3. The molecule has 2 saturated heterocycles. The molecule has 2 rings (SSSR count). The number of amides is 2. The van der Waals surface area contributed by atoms with Gasteiger partial charge in [-0.1, -0.05) is 0 Å². The molecule has 138 valence electrons. The number of ether oxygens (including phenoxy) is 1. The van der Waals surface area contributed by atoms with Crippen LogP contribution in [0.15, 0.2) is 0 Å². The van der Waals surface area contributed by atoms with Gasteiger partial charge in [0.25, 0.3) is 0 Å². The Morgan fingerprint density at radius 2 is 1.96 bits per heavy atom. The van der Waals surface area contributed by atoms with Crippen LogP contribution in [-0.4, -0.2) is 53.2 Å². The highest BCUT2D eigenvalue weighted by atomic mass is 19.4. The van der Waals surface area contributed by atoms with Gasteiger partial charge in [0.1, 0.15) is 12.6 Å². The molecule has 0 bridgehead atoms. The van der Waals surface area contributed by atoms with Crippen molar-refractivity contribution in [2.45, 2.75) is 70.4 Å². The molecule has 0 saturated carbocycles. The van der Waals surface area contributed by atoms with Gasteiger partial charge < -0.3 is 15.0 Å². The summed E-state index contributed by atoms with van der Waals surface area (Å²) in [5, 5.41) is 2.64. The monoisotopic (exact) mass is 350 g/mol. The molecule has 5 nitrogen and oxygen atoms in total. The molecule has 2 aliphatic rings. The van der Waals surface area contributed by atoms with E-state index >= 15 is 0 Å². The van der Waals surface area contributed by atoms with E-state index in [0.29, 0.717) is 19.3 Å². The molecule has 0 aromatic carbocycles. The maximum atomic E-state index is 12.6. The third-order valence-corrected chi connectivity index (χ3v) is 4.61. The summed E-state index contributed by atoms with van der Waals surface area (Å²) in [5.74, 6) is -1.45. The van der Waals surface area contributed by atoms with E-state index < -0.39 is 41.8 Å². The average molecular weight is 350 g/mol. The van der Waals surface area contributed by atoms with Gasteiger partial charge in [-0.15, -0.1) is 0 Å². The zero-order chi connectivity index (χ0) is 18.3. The van der Waals surface area contributed by atoms with Crippen molar-refractivity contribution < 1.29 is 27.5 Å². The molecule has 0 aromatic rings. The number of hydrogen-bond donors (Lipinski definition) is 1. The summed E-state index contributed by atoms with van der Waals surface area (Å²) in [6.07, 6.45) is -3.15. The lowest BCUT2D eigenvalue weighted by Crippen LogP contribution is -2.56. The lowest BCUT2D eigenvalue weighted by molar-refractivity contribution is -0.165. The van der Waals surface area contributed by atoms with Crippen molar-refractivity contribution in [3.05, 3.63) is 0 Å². The molecule has 0 radical (unpaired) electrons. The van der Waals surface area contributed by atoms with Gasteiger partial charge >= 0.3 is 6.18 Å². The van der Waals surface area contributed by atoms with Crippen molar-refractivity contribution in [1.29, 1.82) is 0 Å². The number of carbonyl (C=O) groups is 2. The van der Waals surface area contributed by atoms with Crippen LogP contribution in [0.2, 0.25) is 0 Å². The second-order valence-corrected chi connectivity index (χ2v) is 7.80. The molecule has 2 atom stereocenters. The number of halogens is 3. The second kappa shape index (κ2) is 6.20. The minimum atomic E-state index is -4.44. The van der Waals surface area contributed by atoms with Crippen molar-refractivity contribution in [3.63, 3.8) is 0 Å². The van der Waals surface area contributed by atoms with E-state index in [-0.39, 0.29) is 12.5 Å². The highest BCUT2D eigenvalue weighted by molar-refractivity contribution is 5.89. The van der Waals surface area contributed by atoms with Crippen molar-refractivity contribution >= 4 is 11.8 Å². The average Bonchev–Trinajstić information content (AvgIpc) is 2.60. The number of nitrogens with zero attached hydrogens (tertiary/aromatic N) is 1. The van der Waals surface area contributed by atoms with E-state index in [1.165, 1.54) is 0 Å². The third kappa shape index (κ3) is 4.40. The molecule has 2 fully saturated rings. The minimum Gasteiger partial charge on any atom is -0.369 e. The Morgan fingerprint density at radius 1 is 1.33 bits per heavy atom. The number of piperidine rings is 1. The predicted octanol–water partition coefficient (Wildman–Crippen LogP) is 2.25. The number of alkyl halides is 3. The molecule has 2 aliphatic heterocycles. The molecular formula is C16H25F3N2O3. The molecule has 1 N–H and O–H groups in total. The fourth-order valence-corrected chi connectivity index (χ4v) is 3.69. The van der Waals surface area contributed by atoms with Gasteiger partial charge in [-0.05, 0) is 47.0 Å². The summed E-state index contributed by atoms with van der Waals surface area (Å²) >= 11 is 0. The predicted molar refractivity (Wildman–Crippen MR) is 81.1 cm³/mol. The fraction of sp³-hybridized carbons (Fsp3) is 0.875. The lowest BCUT2D eigenvalue weighted by Gasteiger charge is -2.34. The SMILES string of the molecule is CC1(C)CC(C(=O)NC2CCCN(CC(F)(F)F)C2=O)C(C)(C)O1. The number of carbonyl (C=O) groups excluding carboxylic acids is 2. The van der Waals surface area contributed by atoms with Gasteiger partial charge in [-0.3, -0.25) is 9.59 Å². The van der Waals surface area contributed by atoms with Crippen LogP contribution in [-0.2, 0) is 14.3 Å². The normalized spacial score (nSPS) is 29.6. The van der Waals surface area contributed by atoms with Crippen LogP contribution < -0.4 is 5.32 Å². The summed E-state index contributed by atoms with van der Waals surface area (Å²) in [4.78, 5) is 25.6. The standard InChI is InChI=1S/C16H25F3N2O3/c1-14(2)8-10(15(3,4)24-14)12(22)20-11-6-5-7-21(13(11)23)9-16(17,18)19/h10-11H,5-9H2,1-4H3,(H,20,22). The maximum Gasteiger partial charge on any atom is 0.406 e. The van der Waals surface area contributed by atoms with Gasteiger partial charge in [0, 0.05) is 6.54 Å². The van der Waals surface area contributed by atoms with E-state index in [0.717, 1.165) is 4.90 Å². The van der Waals surface area contributed by atoms with Crippen LogP contribution in [0.4, 0.5) is 13.2 Å².